The Hall–Kier alpha value is -1.42. The lowest BCUT2D eigenvalue weighted by Gasteiger charge is -1.99. The van der Waals surface area contributed by atoms with Crippen LogP contribution in [-0.2, 0) is 13.6 Å². The van der Waals surface area contributed by atoms with Gasteiger partial charge in [0.25, 0.3) is 0 Å². The molecule has 0 amide bonds. The maximum absolute atomic E-state index is 4.39. The molecule has 0 unspecified atom stereocenters. The lowest BCUT2D eigenvalue weighted by molar-refractivity contribution is 0.719. The van der Waals surface area contributed by atoms with Crippen LogP contribution in [0.25, 0.3) is 11.2 Å². The summed E-state index contributed by atoms with van der Waals surface area (Å²) in [6, 6.07) is 3.95. The Morgan fingerprint density at radius 2 is 2.38 bits per heavy atom. The summed E-state index contributed by atoms with van der Waals surface area (Å²) in [5.74, 6) is 1.01. The van der Waals surface area contributed by atoms with Gasteiger partial charge in [0.1, 0.15) is 5.82 Å². The van der Waals surface area contributed by atoms with Crippen molar-refractivity contribution >= 4 is 11.2 Å². The van der Waals surface area contributed by atoms with E-state index < -0.39 is 0 Å². The summed E-state index contributed by atoms with van der Waals surface area (Å²) >= 11 is 0. The van der Waals surface area contributed by atoms with Gasteiger partial charge in [0.2, 0.25) is 0 Å². The van der Waals surface area contributed by atoms with E-state index in [0.29, 0.717) is 0 Å². The first kappa shape index (κ1) is 8.19. The van der Waals surface area contributed by atoms with Gasteiger partial charge in [0.15, 0.2) is 5.65 Å². The molecule has 1 N–H and O–H groups in total. The Balaban J connectivity index is 2.60. The predicted molar refractivity (Wildman–Crippen MR) is 51.3 cm³/mol. The van der Waals surface area contributed by atoms with E-state index in [2.05, 4.69) is 19.9 Å². The minimum Gasteiger partial charge on any atom is -0.329 e. The van der Waals surface area contributed by atoms with Crippen molar-refractivity contribution in [3.05, 3.63) is 24.2 Å². The second-order valence-electron chi connectivity index (χ2n) is 2.96. The first-order valence-electron chi connectivity index (χ1n) is 4.24. The van der Waals surface area contributed by atoms with E-state index in [4.69, 9.17) is 0 Å². The number of nitrogens with one attached hydrogen (secondary N) is 1. The number of fused-ring (bicyclic) bond motifs is 1. The van der Waals surface area contributed by atoms with E-state index in [-0.39, 0.29) is 0 Å². The van der Waals surface area contributed by atoms with Crippen molar-refractivity contribution in [3.63, 3.8) is 0 Å². The highest BCUT2D eigenvalue weighted by atomic mass is 15.1. The summed E-state index contributed by atoms with van der Waals surface area (Å²) in [5.41, 5.74) is 1.89. The molecule has 0 saturated carbocycles. The lowest BCUT2D eigenvalue weighted by atomic mass is 10.4. The van der Waals surface area contributed by atoms with E-state index in [1.165, 1.54) is 0 Å². The fraction of sp³-hybridized carbons (Fsp3) is 0.333. The molecule has 0 aliphatic rings. The molecule has 0 bridgehead atoms. The van der Waals surface area contributed by atoms with Crippen LogP contribution in [0.4, 0.5) is 0 Å². The van der Waals surface area contributed by atoms with E-state index in [9.17, 15) is 0 Å². The average molecular weight is 176 g/mol. The van der Waals surface area contributed by atoms with Crippen molar-refractivity contribution in [2.45, 2.75) is 6.54 Å². The molecule has 0 radical (unpaired) electrons. The number of nitrogens with zero attached hydrogens (tertiary/aromatic N) is 3. The summed E-state index contributed by atoms with van der Waals surface area (Å²) in [4.78, 5) is 8.58. The normalized spacial score (nSPS) is 10.9. The maximum Gasteiger partial charge on any atom is 0.177 e. The van der Waals surface area contributed by atoms with Crippen LogP contribution in [-0.4, -0.2) is 21.6 Å². The minimum absolute atomic E-state index is 0.771. The highest BCUT2D eigenvalue weighted by molar-refractivity contribution is 5.71. The molecular formula is C9H12N4. The summed E-state index contributed by atoms with van der Waals surface area (Å²) in [6.45, 7) is 0.771. The van der Waals surface area contributed by atoms with Gasteiger partial charge < -0.3 is 9.88 Å². The van der Waals surface area contributed by atoms with Crippen molar-refractivity contribution in [1.29, 1.82) is 0 Å². The first-order chi connectivity index (χ1) is 6.33. The van der Waals surface area contributed by atoms with Gasteiger partial charge in [0, 0.05) is 13.2 Å². The molecule has 68 valence electrons. The van der Waals surface area contributed by atoms with Crippen molar-refractivity contribution in [2.24, 2.45) is 7.05 Å². The molecule has 0 spiro atoms. The molecule has 4 heteroatoms. The summed E-state index contributed by atoms with van der Waals surface area (Å²) in [5, 5.41) is 3.07. The quantitative estimate of drug-likeness (QED) is 0.732. The highest BCUT2D eigenvalue weighted by Gasteiger charge is 2.05. The standard InChI is InChI=1S/C9H12N4/c1-10-6-8-12-9-7(13(8)2)4-3-5-11-9/h3-5,10H,6H2,1-2H3. The van der Waals surface area contributed by atoms with Crippen LogP contribution in [0, 0.1) is 0 Å². The lowest BCUT2D eigenvalue weighted by Crippen LogP contribution is -2.10. The van der Waals surface area contributed by atoms with Gasteiger partial charge in [-0.05, 0) is 19.2 Å². The van der Waals surface area contributed by atoms with Gasteiger partial charge in [-0.15, -0.1) is 0 Å². The number of rotatable bonds is 2. The fourth-order valence-electron chi connectivity index (χ4n) is 1.39. The van der Waals surface area contributed by atoms with Crippen LogP contribution in [0.15, 0.2) is 18.3 Å². The smallest absolute Gasteiger partial charge is 0.177 e. The van der Waals surface area contributed by atoms with Crippen molar-refractivity contribution < 1.29 is 0 Å². The van der Waals surface area contributed by atoms with Crippen molar-refractivity contribution in [2.75, 3.05) is 7.05 Å². The zero-order chi connectivity index (χ0) is 9.26. The van der Waals surface area contributed by atoms with Gasteiger partial charge in [-0.3, -0.25) is 0 Å². The van der Waals surface area contributed by atoms with Crippen LogP contribution in [0.2, 0.25) is 0 Å². The van der Waals surface area contributed by atoms with Crippen molar-refractivity contribution in [1.82, 2.24) is 19.9 Å². The average Bonchev–Trinajstić information content (AvgIpc) is 2.46. The molecule has 2 aromatic heterocycles. The molecule has 0 aromatic carbocycles. The number of imidazole rings is 1. The second-order valence-corrected chi connectivity index (χ2v) is 2.96. The molecule has 0 aliphatic carbocycles. The third-order valence-electron chi connectivity index (χ3n) is 2.08. The van der Waals surface area contributed by atoms with Gasteiger partial charge in [0.05, 0.1) is 12.1 Å². The molecule has 0 saturated heterocycles. The molecule has 2 heterocycles. The SMILES string of the molecule is CNCc1nc2ncccc2n1C. The maximum atomic E-state index is 4.39. The number of aromatic nitrogens is 3. The van der Waals surface area contributed by atoms with Crippen LogP contribution in [0.1, 0.15) is 5.82 Å². The van der Waals surface area contributed by atoms with E-state index in [0.717, 1.165) is 23.5 Å². The highest BCUT2D eigenvalue weighted by Crippen LogP contribution is 2.10. The summed E-state index contributed by atoms with van der Waals surface area (Å²) in [6.07, 6.45) is 1.76. The number of hydrogen-bond donors (Lipinski definition) is 1. The van der Waals surface area contributed by atoms with Crippen LogP contribution in [0.3, 0.4) is 0 Å². The summed E-state index contributed by atoms with van der Waals surface area (Å²) in [7, 11) is 3.91. The van der Waals surface area contributed by atoms with Gasteiger partial charge in [-0.1, -0.05) is 0 Å². The number of aryl methyl sites for hydroxylation is 1. The Labute approximate surface area is 76.6 Å². The van der Waals surface area contributed by atoms with Gasteiger partial charge >= 0.3 is 0 Å². The zero-order valence-corrected chi connectivity index (χ0v) is 7.78. The zero-order valence-electron chi connectivity index (χ0n) is 7.78. The molecule has 4 nitrogen and oxygen atoms in total. The van der Waals surface area contributed by atoms with Gasteiger partial charge in [-0.25, -0.2) is 9.97 Å². The third-order valence-corrected chi connectivity index (χ3v) is 2.08. The summed E-state index contributed by atoms with van der Waals surface area (Å²) < 4.78 is 2.05. The van der Waals surface area contributed by atoms with Crippen LogP contribution in [0.5, 0.6) is 0 Å². The molecule has 0 atom stereocenters. The topological polar surface area (TPSA) is 42.7 Å². The largest absolute Gasteiger partial charge is 0.329 e. The molecular weight excluding hydrogens is 164 g/mol. The Morgan fingerprint density at radius 3 is 3.08 bits per heavy atom. The van der Waals surface area contributed by atoms with E-state index in [1.807, 2.05) is 26.2 Å². The second kappa shape index (κ2) is 3.14. The van der Waals surface area contributed by atoms with Crippen molar-refractivity contribution in [3.8, 4) is 0 Å². The van der Waals surface area contributed by atoms with E-state index in [1.54, 1.807) is 6.20 Å². The molecule has 0 fully saturated rings. The minimum atomic E-state index is 0.771. The Morgan fingerprint density at radius 1 is 1.54 bits per heavy atom. The number of hydrogen-bond acceptors (Lipinski definition) is 3. The molecule has 2 rings (SSSR count). The van der Waals surface area contributed by atoms with Crippen LogP contribution >= 0.6 is 0 Å². The molecule has 13 heavy (non-hydrogen) atoms. The van der Waals surface area contributed by atoms with E-state index >= 15 is 0 Å². The first-order valence-corrected chi connectivity index (χ1v) is 4.24. The van der Waals surface area contributed by atoms with Crippen LogP contribution < -0.4 is 5.32 Å². The Kier molecular flexibility index (Phi) is 1.98. The molecule has 2 aromatic rings. The molecule has 0 aliphatic heterocycles. The monoisotopic (exact) mass is 176 g/mol. The number of pyridine rings is 1. The third kappa shape index (κ3) is 1.29. The fourth-order valence-corrected chi connectivity index (χ4v) is 1.39. The predicted octanol–water partition coefficient (Wildman–Crippen LogP) is 0.688. The Bertz CT molecular complexity index is 418. The van der Waals surface area contributed by atoms with Gasteiger partial charge in [-0.2, -0.15) is 0 Å².